The predicted molar refractivity (Wildman–Crippen MR) is 99.8 cm³/mol. The summed E-state index contributed by atoms with van der Waals surface area (Å²) in [6.45, 7) is 2.17. The quantitative estimate of drug-likeness (QED) is 0.497. The van der Waals surface area contributed by atoms with Crippen molar-refractivity contribution in [1.82, 2.24) is 9.97 Å². The number of para-hydroxylation sites is 2. The Kier molecular flexibility index (Phi) is 3.80. The van der Waals surface area contributed by atoms with Gasteiger partial charge in [0.2, 0.25) is 0 Å². The van der Waals surface area contributed by atoms with Gasteiger partial charge in [-0.1, -0.05) is 67.6 Å². The van der Waals surface area contributed by atoms with Gasteiger partial charge < -0.3 is 0 Å². The fourth-order valence-corrected chi connectivity index (χ4v) is 2.94. The maximum atomic E-state index is 4.93. The van der Waals surface area contributed by atoms with Crippen LogP contribution in [0.3, 0.4) is 0 Å². The molecule has 0 saturated heterocycles. The van der Waals surface area contributed by atoms with Crippen molar-refractivity contribution in [2.75, 3.05) is 0 Å². The van der Waals surface area contributed by atoms with E-state index in [-0.39, 0.29) is 0 Å². The van der Waals surface area contributed by atoms with Gasteiger partial charge in [-0.15, -0.1) is 0 Å². The van der Waals surface area contributed by atoms with E-state index in [0.29, 0.717) is 0 Å². The van der Waals surface area contributed by atoms with E-state index >= 15 is 0 Å². The SMILES string of the molecule is CCc1cccc(-c2nc3ccccc3nc2-c2ccccc2)c1. The van der Waals surface area contributed by atoms with E-state index in [1.807, 2.05) is 42.5 Å². The van der Waals surface area contributed by atoms with Crippen molar-refractivity contribution < 1.29 is 0 Å². The molecule has 0 atom stereocenters. The summed E-state index contributed by atoms with van der Waals surface area (Å²) in [6.07, 6.45) is 1.01. The van der Waals surface area contributed by atoms with E-state index in [1.165, 1.54) is 5.56 Å². The largest absolute Gasteiger partial charge is 0.244 e. The average molecular weight is 310 g/mol. The first-order valence-electron chi connectivity index (χ1n) is 8.26. The van der Waals surface area contributed by atoms with Crippen molar-refractivity contribution in [2.45, 2.75) is 13.3 Å². The molecular weight excluding hydrogens is 292 g/mol. The van der Waals surface area contributed by atoms with Crippen LogP contribution in [-0.2, 0) is 6.42 Å². The van der Waals surface area contributed by atoms with Gasteiger partial charge in [0, 0.05) is 11.1 Å². The van der Waals surface area contributed by atoms with Crippen LogP contribution in [0.4, 0.5) is 0 Å². The standard InChI is InChI=1S/C22H18N2/c1-2-16-9-8-12-18(15-16)22-21(17-10-4-3-5-11-17)23-19-13-6-7-14-20(19)24-22/h3-15H,2H2,1H3. The smallest absolute Gasteiger partial charge is 0.0973 e. The molecule has 1 aromatic heterocycles. The number of benzene rings is 3. The molecule has 0 fully saturated rings. The maximum absolute atomic E-state index is 4.93. The Morgan fingerprint density at radius 1 is 0.625 bits per heavy atom. The second-order valence-corrected chi connectivity index (χ2v) is 5.83. The molecule has 3 aromatic carbocycles. The third kappa shape index (κ3) is 2.67. The number of hydrogen-bond acceptors (Lipinski definition) is 2. The molecule has 0 bridgehead atoms. The predicted octanol–water partition coefficient (Wildman–Crippen LogP) is 5.53. The van der Waals surface area contributed by atoms with E-state index in [0.717, 1.165) is 40.0 Å². The zero-order valence-electron chi connectivity index (χ0n) is 13.6. The average Bonchev–Trinajstić information content (AvgIpc) is 2.67. The molecule has 0 aliphatic rings. The van der Waals surface area contributed by atoms with Crippen LogP contribution in [0.15, 0.2) is 78.9 Å². The summed E-state index contributed by atoms with van der Waals surface area (Å²) >= 11 is 0. The van der Waals surface area contributed by atoms with Gasteiger partial charge >= 0.3 is 0 Å². The topological polar surface area (TPSA) is 25.8 Å². The summed E-state index contributed by atoms with van der Waals surface area (Å²) in [5, 5.41) is 0. The van der Waals surface area contributed by atoms with Crippen LogP contribution in [0.25, 0.3) is 33.5 Å². The highest BCUT2D eigenvalue weighted by Crippen LogP contribution is 2.31. The van der Waals surface area contributed by atoms with Gasteiger partial charge in [0.15, 0.2) is 0 Å². The first-order chi connectivity index (χ1) is 11.8. The minimum atomic E-state index is 0.923. The van der Waals surface area contributed by atoms with Gasteiger partial charge in [0.25, 0.3) is 0 Å². The number of aryl methyl sites for hydroxylation is 1. The fraction of sp³-hybridized carbons (Fsp3) is 0.0909. The van der Waals surface area contributed by atoms with Crippen LogP contribution in [0.5, 0.6) is 0 Å². The van der Waals surface area contributed by atoms with Crippen LogP contribution in [0, 0.1) is 0 Å². The Labute approximate surface area is 141 Å². The van der Waals surface area contributed by atoms with Crippen molar-refractivity contribution >= 4 is 11.0 Å². The Morgan fingerprint density at radius 2 is 1.21 bits per heavy atom. The molecule has 0 aliphatic heterocycles. The highest BCUT2D eigenvalue weighted by molar-refractivity contribution is 5.86. The van der Waals surface area contributed by atoms with Gasteiger partial charge in [-0.25, -0.2) is 9.97 Å². The molecule has 0 aliphatic carbocycles. The molecule has 0 amide bonds. The minimum Gasteiger partial charge on any atom is -0.244 e. The van der Waals surface area contributed by atoms with E-state index in [4.69, 9.17) is 9.97 Å². The molecule has 2 heteroatoms. The van der Waals surface area contributed by atoms with Crippen LogP contribution in [0.2, 0.25) is 0 Å². The molecule has 4 rings (SSSR count). The fourth-order valence-electron chi connectivity index (χ4n) is 2.94. The molecular formula is C22H18N2. The Hall–Kier alpha value is -3.00. The van der Waals surface area contributed by atoms with Crippen molar-refractivity contribution in [1.29, 1.82) is 0 Å². The summed E-state index contributed by atoms with van der Waals surface area (Å²) in [6, 6.07) is 26.9. The van der Waals surface area contributed by atoms with Crippen molar-refractivity contribution in [3.05, 3.63) is 84.4 Å². The zero-order valence-corrected chi connectivity index (χ0v) is 13.6. The summed E-state index contributed by atoms with van der Waals surface area (Å²) in [5.41, 5.74) is 7.24. The monoisotopic (exact) mass is 310 g/mol. The number of rotatable bonds is 3. The summed E-state index contributed by atoms with van der Waals surface area (Å²) in [7, 11) is 0. The minimum absolute atomic E-state index is 0.923. The van der Waals surface area contributed by atoms with Crippen molar-refractivity contribution in [3.8, 4) is 22.5 Å². The van der Waals surface area contributed by atoms with Gasteiger partial charge in [0.05, 0.1) is 22.4 Å². The van der Waals surface area contributed by atoms with Crippen LogP contribution < -0.4 is 0 Å². The van der Waals surface area contributed by atoms with Crippen molar-refractivity contribution in [3.63, 3.8) is 0 Å². The maximum Gasteiger partial charge on any atom is 0.0973 e. The molecule has 0 N–H and O–H groups in total. The van der Waals surface area contributed by atoms with Gasteiger partial charge in [-0.2, -0.15) is 0 Å². The third-order valence-corrected chi connectivity index (χ3v) is 4.23. The lowest BCUT2D eigenvalue weighted by atomic mass is 10.0. The number of fused-ring (bicyclic) bond motifs is 1. The Morgan fingerprint density at radius 3 is 1.88 bits per heavy atom. The molecule has 0 radical (unpaired) electrons. The summed E-state index contributed by atoms with van der Waals surface area (Å²) in [4.78, 5) is 9.85. The van der Waals surface area contributed by atoms with E-state index in [2.05, 4.69) is 43.3 Å². The lowest BCUT2D eigenvalue weighted by Gasteiger charge is -2.11. The Balaban J connectivity index is 2.01. The molecule has 0 spiro atoms. The lowest BCUT2D eigenvalue weighted by Crippen LogP contribution is -1.95. The summed E-state index contributed by atoms with van der Waals surface area (Å²) < 4.78 is 0. The first-order valence-corrected chi connectivity index (χ1v) is 8.26. The lowest BCUT2D eigenvalue weighted by molar-refractivity contribution is 1.14. The molecule has 0 saturated carbocycles. The second kappa shape index (κ2) is 6.25. The van der Waals surface area contributed by atoms with E-state index in [1.54, 1.807) is 0 Å². The summed E-state index contributed by atoms with van der Waals surface area (Å²) in [5.74, 6) is 0. The highest BCUT2D eigenvalue weighted by atomic mass is 14.8. The van der Waals surface area contributed by atoms with Gasteiger partial charge in [-0.3, -0.25) is 0 Å². The Bertz CT molecular complexity index is 991. The molecule has 116 valence electrons. The van der Waals surface area contributed by atoms with Crippen molar-refractivity contribution in [2.24, 2.45) is 0 Å². The molecule has 24 heavy (non-hydrogen) atoms. The normalized spacial score (nSPS) is 10.9. The molecule has 4 aromatic rings. The first kappa shape index (κ1) is 14.6. The molecule has 2 nitrogen and oxygen atoms in total. The third-order valence-electron chi connectivity index (χ3n) is 4.23. The number of hydrogen-bond donors (Lipinski definition) is 0. The van der Waals surface area contributed by atoms with Crippen LogP contribution >= 0.6 is 0 Å². The van der Waals surface area contributed by atoms with Crippen LogP contribution in [0.1, 0.15) is 12.5 Å². The molecule has 0 unspecified atom stereocenters. The van der Waals surface area contributed by atoms with E-state index in [9.17, 15) is 0 Å². The van der Waals surface area contributed by atoms with Gasteiger partial charge in [-0.05, 0) is 30.2 Å². The van der Waals surface area contributed by atoms with Crippen LogP contribution in [-0.4, -0.2) is 9.97 Å². The van der Waals surface area contributed by atoms with Gasteiger partial charge in [0.1, 0.15) is 0 Å². The highest BCUT2D eigenvalue weighted by Gasteiger charge is 2.13. The second-order valence-electron chi connectivity index (χ2n) is 5.83. The van der Waals surface area contributed by atoms with E-state index < -0.39 is 0 Å². The zero-order chi connectivity index (χ0) is 16.4. The number of nitrogens with zero attached hydrogens (tertiary/aromatic N) is 2. The number of aromatic nitrogens is 2. The molecule has 1 heterocycles.